The molecule has 0 unspecified atom stereocenters. The van der Waals surface area contributed by atoms with Crippen molar-refractivity contribution in [2.75, 3.05) is 19.6 Å². The second-order valence-electron chi connectivity index (χ2n) is 27.4. The summed E-state index contributed by atoms with van der Waals surface area (Å²) in [5.41, 5.74) is 22.5. The predicted octanol–water partition coefficient (Wildman–Crippen LogP) is 22.0. The van der Waals surface area contributed by atoms with Crippen LogP contribution in [0.4, 0.5) is 68.2 Å². The first-order chi connectivity index (χ1) is 43.0. The van der Waals surface area contributed by atoms with Crippen molar-refractivity contribution in [1.82, 2.24) is 0 Å². The molecular weight excluding hydrogens is 1100 g/mol. The predicted molar refractivity (Wildman–Crippen MR) is 384 cm³/mol. The lowest BCUT2D eigenvalue weighted by Crippen LogP contribution is -2.61. The van der Waals surface area contributed by atoms with Crippen LogP contribution in [0.5, 0.6) is 0 Å². The van der Waals surface area contributed by atoms with Crippen LogP contribution in [0.2, 0.25) is 0 Å². The lowest BCUT2D eigenvalue weighted by atomic mass is 9.33. The molecule has 2 aromatic heterocycles. The van der Waals surface area contributed by atoms with Crippen LogP contribution in [-0.2, 0) is 16.2 Å². The van der Waals surface area contributed by atoms with Gasteiger partial charge < -0.3 is 24.0 Å². The molecule has 0 N–H and O–H groups in total. The van der Waals surface area contributed by atoms with Crippen LogP contribution in [0.3, 0.4) is 0 Å². The molecule has 0 saturated carbocycles. The van der Waals surface area contributed by atoms with Crippen molar-refractivity contribution >= 4 is 156 Å². The summed E-state index contributed by atoms with van der Waals surface area (Å²) in [6.45, 7) is 20.5. The quantitative estimate of drug-likeness (QED) is 0.141. The van der Waals surface area contributed by atoms with Crippen molar-refractivity contribution in [2.24, 2.45) is 0 Å². The molecule has 12 aromatic carbocycles. The SMILES string of the molecule is CC(C)(C)c1ccc(N(c2ccc3c(c2)N(c2ccc(C(C)(C)C)cc2)c2cc(N(c4ccccc4)c4ccc5ccccc5c4)cc4c2B3c2ccc3sc5ccccc5c3c2N4c2ccc(C(C)(C)C)cc2)c2ccc3oc4ccccc4c3c2)cc1. The van der Waals surface area contributed by atoms with Gasteiger partial charge in [0.05, 0.1) is 11.4 Å². The van der Waals surface area contributed by atoms with Crippen molar-refractivity contribution in [3.05, 3.63) is 271 Å². The molecule has 2 aliphatic rings. The number of rotatable bonds is 8. The summed E-state index contributed by atoms with van der Waals surface area (Å²) in [7, 11) is 0. The minimum atomic E-state index is -0.162. The highest BCUT2D eigenvalue weighted by Crippen LogP contribution is 2.53. The normalized spacial score (nSPS) is 13.2. The minimum absolute atomic E-state index is 0.0229. The van der Waals surface area contributed by atoms with Crippen LogP contribution in [0.15, 0.2) is 259 Å². The van der Waals surface area contributed by atoms with Crippen molar-refractivity contribution in [3.63, 3.8) is 0 Å². The Kier molecular flexibility index (Phi) is 12.5. The van der Waals surface area contributed by atoms with Crippen molar-refractivity contribution in [2.45, 2.75) is 78.6 Å². The zero-order valence-electron chi connectivity index (χ0n) is 51.9. The zero-order valence-corrected chi connectivity index (χ0v) is 52.7. The largest absolute Gasteiger partial charge is 0.456 e. The Bertz CT molecular complexity index is 5100. The average molecular weight is 1170 g/mol. The molecular formula is C82H69BN4OS. The summed E-state index contributed by atoms with van der Waals surface area (Å²) < 4.78 is 9.04. The number of anilines is 12. The molecule has 7 heteroatoms. The van der Waals surface area contributed by atoms with Gasteiger partial charge in [-0.1, -0.05) is 196 Å². The first-order valence-electron chi connectivity index (χ1n) is 31.3. The van der Waals surface area contributed by atoms with E-state index in [1.165, 1.54) is 69.7 Å². The van der Waals surface area contributed by atoms with Gasteiger partial charge >= 0.3 is 0 Å². The molecule has 0 aliphatic carbocycles. The van der Waals surface area contributed by atoms with E-state index in [1.54, 1.807) is 0 Å². The number of para-hydroxylation sites is 2. The fourth-order valence-corrected chi connectivity index (χ4v) is 15.2. The Hall–Kier alpha value is -9.82. The molecule has 432 valence electrons. The number of furan rings is 1. The second-order valence-corrected chi connectivity index (χ2v) is 28.5. The molecule has 0 spiro atoms. The van der Waals surface area contributed by atoms with E-state index in [9.17, 15) is 0 Å². The Labute approximate surface area is 526 Å². The number of hydrogen-bond acceptors (Lipinski definition) is 6. The molecule has 2 aliphatic heterocycles. The molecule has 16 rings (SSSR count). The van der Waals surface area contributed by atoms with Crippen LogP contribution in [0.25, 0.3) is 52.9 Å². The first-order valence-corrected chi connectivity index (χ1v) is 32.1. The highest BCUT2D eigenvalue weighted by molar-refractivity contribution is 7.26. The van der Waals surface area contributed by atoms with Gasteiger partial charge in [0, 0.05) is 87.8 Å². The summed E-state index contributed by atoms with van der Waals surface area (Å²) in [5, 5.41) is 7.12. The standard InChI is InChI=1S/C82H69BN4OS/c1-80(2,3)54-28-35-58(36-29-54)84(62-42-45-74-67(48-62)65-23-15-17-25-73(65)88-74)63-41-43-68-70(49-63)86(59-37-30-55(31-38-59)81(4,5)6)71-50-64(85(57-21-11-10-12-22-57)61-34-27-52-19-13-14-20-53(52)47-61)51-72-78(71)83(68)69-44-46-76-77(66-24-16-18-26-75(66)89-76)79(69)87(72)60-39-32-56(33-40-60)82(7,8)9/h10-51H,1-9H3. The maximum Gasteiger partial charge on any atom is 0.252 e. The van der Waals surface area contributed by atoms with Gasteiger partial charge in [0.25, 0.3) is 6.71 Å². The third kappa shape index (κ3) is 9.11. The summed E-state index contributed by atoms with van der Waals surface area (Å²) in [6, 6.07) is 95.9. The molecule has 0 radical (unpaired) electrons. The molecule has 14 aromatic rings. The van der Waals surface area contributed by atoms with Gasteiger partial charge in [-0.25, -0.2) is 0 Å². The molecule has 89 heavy (non-hydrogen) atoms. The Morgan fingerprint density at radius 1 is 0.348 bits per heavy atom. The van der Waals surface area contributed by atoms with E-state index in [1.807, 2.05) is 11.3 Å². The summed E-state index contributed by atoms with van der Waals surface area (Å²) >= 11 is 1.88. The van der Waals surface area contributed by atoms with E-state index in [0.717, 1.165) is 84.5 Å². The van der Waals surface area contributed by atoms with Crippen LogP contribution < -0.4 is 36.0 Å². The van der Waals surface area contributed by atoms with E-state index in [4.69, 9.17) is 4.42 Å². The Morgan fingerprint density at radius 2 is 0.843 bits per heavy atom. The van der Waals surface area contributed by atoms with Gasteiger partial charge in [0.1, 0.15) is 11.2 Å². The van der Waals surface area contributed by atoms with E-state index in [-0.39, 0.29) is 23.0 Å². The highest BCUT2D eigenvalue weighted by atomic mass is 32.1. The maximum atomic E-state index is 6.49. The van der Waals surface area contributed by atoms with Crippen molar-refractivity contribution in [1.29, 1.82) is 0 Å². The van der Waals surface area contributed by atoms with E-state index in [0.29, 0.717) is 0 Å². The summed E-state index contributed by atoms with van der Waals surface area (Å²) in [5.74, 6) is 0. The van der Waals surface area contributed by atoms with Crippen molar-refractivity contribution in [3.8, 4) is 0 Å². The van der Waals surface area contributed by atoms with Crippen molar-refractivity contribution < 1.29 is 4.42 Å². The summed E-state index contributed by atoms with van der Waals surface area (Å²) in [6.07, 6.45) is 0. The van der Waals surface area contributed by atoms with Gasteiger partial charge in [-0.3, -0.25) is 0 Å². The third-order valence-corrected chi connectivity index (χ3v) is 19.8. The van der Waals surface area contributed by atoms with E-state index in [2.05, 4.69) is 337 Å². The van der Waals surface area contributed by atoms with Crippen LogP contribution in [-0.4, -0.2) is 6.71 Å². The van der Waals surface area contributed by atoms with Crippen LogP contribution in [0.1, 0.15) is 79.0 Å². The van der Waals surface area contributed by atoms with Gasteiger partial charge in [0.15, 0.2) is 0 Å². The molecule has 0 amide bonds. The number of hydrogen-bond donors (Lipinski definition) is 0. The Morgan fingerprint density at radius 3 is 1.54 bits per heavy atom. The van der Waals surface area contributed by atoms with E-state index < -0.39 is 0 Å². The van der Waals surface area contributed by atoms with Gasteiger partial charge in [0.2, 0.25) is 0 Å². The van der Waals surface area contributed by atoms with Gasteiger partial charge in [-0.2, -0.15) is 0 Å². The minimum Gasteiger partial charge on any atom is -0.456 e. The fraction of sp³-hybridized carbons (Fsp3) is 0.146. The lowest BCUT2D eigenvalue weighted by molar-refractivity contribution is 0.590. The monoisotopic (exact) mass is 1170 g/mol. The van der Waals surface area contributed by atoms with Gasteiger partial charge in [-0.15, -0.1) is 11.3 Å². The summed E-state index contributed by atoms with van der Waals surface area (Å²) in [4.78, 5) is 10.1. The highest BCUT2D eigenvalue weighted by Gasteiger charge is 2.45. The molecule has 0 fully saturated rings. The number of benzene rings is 12. The van der Waals surface area contributed by atoms with Crippen LogP contribution in [0, 0.1) is 0 Å². The van der Waals surface area contributed by atoms with E-state index >= 15 is 0 Å². The zero-order chi connectivity index (χ0) is 60.7. The smallest absolute Gasteiger partial charge is 0.252 e. The first kappa shape index (κ1) is 54.6. The molecule has 0 saturated heterocycles. The maximum absolute atomic E-state index is 6.49. The van der Waals surface area contributed by atoms with Gasteiger partial charge in [-0.05, 0) is 181 Å². The topological polar surface area (TPSA) is 26.1 Å². The molecule has 0 atom stereocenters. The molecule has 0 bridgehead atoms. The number of thiophene rings is 1. The van der Waals surface area contributed by atoms with Crippen LogP contribution >= 0.6 is 11.3 Å². The third-order valence-electron chi connectivity index (χ3n) is 18.7. The Balaban J connectivity index is 1.03. The molecule has 4 heterocycles. The second kappa shape index (κ2) is 20.4. The molecule has 5 nitrogen and oxygen atoms in total. The lowest BCUT2D eigenvalue weighted by Gasteiger charge is -2.45. The fourth-order valence-electron chi connectivity index (χ4n) is 14.0. The number of nitrogens with zero attached hydrogens (tertiary/aromatic N) is 4. The number of fused-ring (bicyclic) bond motifs is 12. The average Bonchev–Trinajstić information content (AvgIpc) is 1.46.